The molecule has 2 rings (SSSR count). The third-order valence-electron chi connectivity index (χ3n) is 2.96. The lowest BCUT2D eigenvalue weighted by atomic mass is 10.1. The quantitative estimate of drug-likeness (QED) is 0.748. The molecule has 0 aromatic carbocycles. The third kappa shape index (κ3) is 3.30. The fourth-order valence-corrected chi connectivity index (χ4v) is 2.85. The van der Waals surface area contributed by atoms with Crippen LogP contribution in [0, 0.1) is 0 Å². The average molecular weight is 268 g/mol. The standard InChI is InChI=1S/C12H16N2O3S/c15-11(16)7-9(10-4-2-6-18-10)14-12(17)8-3-1-5-13-8/h2,4,6,8-9,13H,1,3,5,7H2,(H,14,17)(H,15,16)/t8-,9?/m1/s1. The minimum Gasteiger partial charge on any atom is -0.481 e. The van der Waals surface area contributed by atoms with Gasteiger partial charge in [-0.2, -0.15) is 0 Å². The van der Waals surface area contributed by atoms with Gasteiger partial charge >= 0.3 is 5.97 Å². The van der Waals surface area contributed by atoms with Crippen LogP contribution in [-0.4, -0.2) is 29.6 Å². The molecule has 18 heavy (non-hydrogen) atoms. The summed E-state index contributed by atoms with van der Waals surface area (Å²) in [6.07, 6.45) is 1.72. The Labute approximate surface area is 109 Å². The predicted octanol–water partition coefficient (Wildman–Crippen LogP) is 1.13. The first kappa shape index (κ1) is 13.0. The van der Waals surface area contributed by atoms with E-state index in [-0.39, 0.29) is 18.4 Å². The van der Waals surface area contributed by atoms with E-state index in [1.165, 1.54) is 11.3 Å². The summed E-state index contributed by atoms with van der Waals surface area (Å²) in [7, 11) is 0. The normalized spacial score (nSPS) is 20.6. The first-order valence-electron chi connectivity index (χ1n) is 5.96. The number of nitrogens with one attached hydrogen (secondary N) is 2. The molecule has 6 heteroatoms. The van der Waals surface area contributed by atoms with Gasteiger partial charge in [0.25, 0.3) is 0 Å². The summed E-state index contributed by atoms with van der Waals surface area (Å²) in [5.41, 5.74) is 0. The van der Waals surface area contributed by atoms with E-state index in [0.717, 1.165) is 24.3 Å². The Morgan fingerprint density at radius 1 is 1.61 bits per heavy atom. The molecular formula is C12H16N2O3S. The highest BCUT2D eigenvalue weighted by Crippen LogP contribution is 2.22. The van der Waals surface area contributed by atoms with Crippen molar-refractivity contribution in [1.82, 2.24) is 10.6 Å². The molecule has 2 heterocycles. The lowest BCUT2D eigenvalue weighted by Gasteiger charge is -2.18. The molecule has 0 radical (unpaired) electrons. The molecule has 98 valence electrons. The fraction of sp³-hybridized carbons (Fsp3) is 0.500. The molecule has 0 bridgehead atoms. The van der Waals surface area contributed by atoms with Crippen LogP contribution in [0.5, 0.6) is 0 Å². The molecule has 1 saturated heterocycles. The number of carboxylic acid groups (broad SMARTS) is 1. The minimum atomic E-state index is -0.909. The number of hydrogen-bond acceptors (Lipinski definition) is 4. The molecular weight excluding hydrogens is 252 g/mol. The van der Waals surface area contributed by atoms with Crippen LogP contribution in [0.1, 0.15) is 30.2 Å². The zero-order valence-corrected chi connectivity index (χ0v) is 10.7. The highest BCUT2D eigenvalue weighted by atomic mass is 32.1. The molecule has 2 atom stereocenters. The van der Waals surface area contributed by atoms with Crippen LogP contribution in [0.15, 0.2) is 17.5 Å². The van der Waals surface area contributed by atoms with Gasteiger partial charge in [-0.1, -0.05) is 6.07 Å². The fourth-order valence-electron chi connectivity index (χ4n) is 2.07. The van der Waals surface area contributed by atoms with Crippen molar-refractivity contribution in [2.24, 2.45) is 0 Å². The Bertz CT molecular complexity index is 413. The Morgan fingerprint density at radius 2 is 2.44 bits per heavy atom. The second-order valence-electron chi connectivity index (χ2n) is 4.32. The van der Waals surface area contributed by atoms with E-state index in [9.17, 15) is 9.59 Å². The largest absolute Gasteiger partial charge is 0.481 e. The van der Waals surface area contributed by atoms with Crippen molar-refractivity contribution in [3.63, 3.8) is 0 Å². The number of aliphatic carboxylic acids is 1. The van der Waals surface area contributed by atoms with Gasteiger partial charge in [0.1, 0.15) is 0 Å². The van der Waals surface area contributed by atoms with Crippen LogP contribution < -0.4 is 10.6 Å². The SMILES string of the molecule is O=C(O)CC(NC(=O)[C@H]1CCCN1)c1cccs1. The number of carboxylic acids is 1. The summed E-state index contributed by atoms with van der Waals surface area (Å²) in [5, 5.41) is 16.7. The molecule has 0 spiro atoms. The van der Waals surface area contributed by atoms with Gasteiger partial charge in [-0.15, -0.1) is 11.3 Å². The van der Waals surface area contributed by atoms with E-state index < -0.39 is 12.0 Å². The number of thiophene rings is 1. The molecule has 1 aromatic rings. The molecule has 0 saturated carbocycles. The molecule has 1 aliphatic heterocycles. The van der Waals surface area contributed by atoms with Crippen LogP contribution in [-0.2, 0) is 9.59 Å². The number of amides is 1. The van der Waals surface area contributed by atoms with Gasteiger partial charge in [0, 0.05) is 4.88 Å². The zero-order valence-electron chi connectivity index (χ0n) is 9.89. The first-order chi connectivity index (χ1) is 8.66. The summed E-state index contributed by atoms with van der Waals surface area (Å²) >= 11 is 1.46. The van der Waals surface area contributed by atoms with E-state index in [1.807, 2.05) is 17.5 Å². The van der Waals surface area contributed by atoms with Crippen LogP contribution >= 0.6 is 11.3 Å². The lowest BCUT2D eigenvalue weighted by molar-refractivity contribution is -0.137. The van der Waals surface area contributed by atoms with Gasteiger partial charge in [-0.3, -0.25) is 9.59 Å². The topological polar surface area (TPSA) is 78.4 Å². The second kappa shape index (κ2) is 5.97. The Morgan fingerprint density at radius 3 is 3.00 bits per heavy atom. The lowest BCUT2D eigenvalue weighted by Crippen LogP contribution is -2.42. The molecule has 1 aliphatic rings. The highest BCUT2D eigenvalue weighted by molar-refractivity contribution is 7.10. The zero-order chi connectivity index (χ0) is 13.0. The molecule has 1 aromatic heterocycles. The van der Waals surface area contributed by atoms with Gasteiger partial charge in [-0.25, -0.2) is 0 Å². The second-order valence-corrected chi connectivity index (χ2v) is 5.30. The van der Waals surface area contributed by atoms with E-state index in [0.29, 0.717) is 0 Å². The van der Waals surface area contributed by atoms with Gasteiger partial charge in [0.05, 0.1) is 18.5 Å². The van der Waals surface area contributed by atoms with Gasteiger partial charge in [-0.05, 0) is 30.8 Å². The van der Waals surface area contributed by atoms with Crippen molar-refractivity contribution in [1.29, 1.82) is 0 Å². The molecule has 0 aliphatic carbocycles. The molecule has 3 N–H and O–H groups in total. The van der Waals surface area contributed by atoms with Crippen LogP contribution in [0.2, 0.25) is 0 Å². The first-order valence-corrected chi connectivity index (χ1v) is 6.83. The van der Waals surface area contributed by atoms with Crippen molar-refractivity contribution in [3.8, 4) is 0 Å². The minimum absolute atomic E-state index is 0.0844. The summed E-state index contributed by atoms with van der Waals surface area (Å²) in [6, 6.07) is 3.09. The predicted molar refractivity (Wildman–Crippen MR) is 68.5 cm³/mol. The number of hydrogen-bond donors (Lipinski definition) is 3. The monoisotopic (exact) mass is 268 g/mol. The summed E-state index contributed by atoms with van der Waals surface area (Å²) in [4.78, 5) is 23.7. The summed E-state index contributed by atoms with van der Waals surface area (Å²) < 4.78 is 0. The maximum absolute atomic E-state index is 12.0. The average Bonchev–Trinajstić information content (AvgIpc) is 3.01. The maximum Gasteiger partial charge on any atom is 0.305 e. The maximum atomic E-state index is 12.0. The number of carbonyl (C=O) groups is 2. The molecule has 5 nitrogen and oxygen atoms in total. The Hall–Kier alpha value is -1.40. The van der Waals surface area contributed by atoms with Crippen molar-refractivity contribution in [2.75, 3.05) is 6.54 Å². The van der Waals surface area contributed by atoms with E-state index >= 15 is 0 Å². The molecule has 1 amide bonds. The van der Waals surface area contributed by atoms with Crippen molar-refractivity contribution in [3.05, 3.63) is 22.4 Å². The van der Waals surface area contributed by atoms with Crippen LogP contribution in [0.25, 0.3) is 0 Å². The number of rotatable bonds is 5. The van der Waals surface area contributed by atoms with Gasteiger partial charge < -0.3 is 15.7 Å². The molecule has 1 fully saturated rings. The Kier molecular flexibility index (Phi) is 4.33. The van der Waals surface area contributed by atoms with E-state index in [1.54, 1.807) is 0 Å². The van der Waals surface area contributed by atoms with E-state index in [2.05, 4.69) is 10.6 Å². The van der Waals surface area contributed by atoms with Crippen LogP contribution in [0.3, 0.4) is 0 Å². The summed E-state index contributed by atoms with van der Waals surface area (Å²) in [6.45, 7) is 0.848. The van der Waals surface area contributed by atoms with Gasteiger partial charge in [0.2, 0.25) is 5.91 Å². The smallest absolute Gasteiger partial charge is 0.305 e. The Balaban J connectivity index is 2.00. The summed E-state index contributed by atoms with van der Waals surface area (Å²) in [5.74, 6) is -1.01. The van der Waals surface area contributed by atoms with Crippen molar-refractivity contribution < 1.29 is 14.7 Å². The molecule has 1 unspecified atom stereocenters. The number of carbonyl (C=O) groups excluding carboxylic acids is 1. The van der Waals surface area contributed by atoms with Crippen LogP contribution in [0.4, 0.5) is 0 Å². The van der Waals surface area contributed by atoms with Crippen molar-refractivity contribution in [2.45, 2.75) is 31.3 Å². The van der Waals surface area contributed by atoms with Crippen molar-refractivity contribution >= 4 is 23.2 Å². The van der Waals surface area contributed by atoms with Gasteiger partial charge in [0.15, 0.2) is 0 Å². The highest BCUT2D eigenvalue weighted by Gasteiger charge is 2.26. The van der Waals surface area contributed by atoms with E-state index in [4.69, 9.17) is 5.11 Å². The third-order valence-corrected chi connectivity index (χ3v) is 3.94.